The maximum atomic E-state index is 14.0. The fraction of sp³-hybridized carbons (Fsp3) is 0.690. The second kappa shape index (κ2) is 8.89. The lowest BCUT2D eigenvalue weighted by Crippen LogP contribution is -2.77. The summed E-state index contributed by atoms with van der Waals surface area (Å²) in [5, 5.41) is 16.0. The number of fused-ring (bicyclic) bond motifs is 2. The van der Waals surface area contributed by atoms with Crippen LogP contribution in [0.4, 0.5) is 4.39 Å². The van der Waals surface area contributed by atoms with E-state index < -0.39 is 5.67 Å². The Morgan fingerprint density at radius 2 is 1.76 bits per heavy atom. The van der Waals surface area contributed by atoms with Crippen LogP contribution < -0.4 is 20.1 Å². The lowest BCUT2D eigenvalue weighted by Gasteiger charge is -2.66. The molecule has 6 aliphatic rings. The van der Waals surface area contributed by atoms with Crippen molar-refractivity contribution in [3.8, 4) is 17.6 Å². The molecule has 0 saturated heterocycles. The van der Waals surface area contributed by atoms with Crippen LogP contribution in [0.1, 0.15) is 87.1 Å². The second-order valence-electron chi connectivity index (χ2n) is 12.5. The largest absolute Gasteiger partial charge is 0.496 e. The van der Waals surface area contributed by atoms with Crippen molar-refractivity contribution in [2.45, 2.75) is 94.5 Å². The molecule has 0 aliphatic heterocycles. The summed E-state index contributed by atoms with van der Waals surface area (Å²) >= 11 is 0. The molecular formula is C29H36FN3O4. The van der Waals surface area contributed by atoms with Gasteiger partial charge in [0.2, 0.25) is 5.91 Å². The van der Waals surface area contributed by atoms with Gasteiger partial charge in [0.25, 0.3) is 5.91 Å². The van der Waals surface area contributed by atoms with E-state index in [1.807, 2.05) is 0 Å². The number of ether oxygens (including phenoxy) is 2. The predicted octanol–water partition coefficient (Wildman–Crippen LogP) is 4.43. The molecule has 0 spiro atoms. The zero-order valence-electron chi connectivity index (χ0n) is 21.6. The van der Waals surface area contributed by atoms with E-state index in [1.165, 1.54) is 7.11 Å². The maximum Gasteiger partial charge on any atom is 0.255 e. The smallest absolute Gasteiger partial charge is 0.255 e. The molecule has 4 bridgehead atoms. The van der Waals surface area contributed by atoms with E-state index in [1.54, 1.807) is 12.1 Å². The minimum absolute atomic E-state index is 0.0201. The molecule has 8 heteroatoms. The Morgan fingerprint density at radius 3 is 2.41 bits per heavy atom. The molecule has 6 saturated carbocycles. The van der Waals surface area contributed by atoms with Crippen LogP contribution >= 0.6 is 0 Å². The zero-order valence-corrected chi connectivity index (χ0v) is 21.6. The minimum Gasteiger partial charge on any atom is -0.496 e. The number of halogens is 1. The summed E-state index contributed by atoms with van der Waals surface area (Å²) in [5.41, 5.74) is -0.797. The van der Waals surface area contributed by atoms with E-state index in [2.05, 4.69) is 23.6 Å². The Morgan fingerprint density at radius 1 is 1.05 bits per heavy atom. The monoisotopic (exact) mass is 509 g/mol. The topological polar surface area (TPSA) is 100 Å². The van der Waals surface area contributed by atoms with Crippen molar-refractivity contribution < 1.29 is 23.5 Å². The number of hydrogen-bond acceptors (Lipinski definition) is 5. The van der Waals surface area contributed by atoms with Crippen LogP contribution in [0.15, 0.2) is 12.1 Å². The number of benzene rings is 1. The number of alkyl halides is 1. The highest BCUT2D eigenvalue weighted by Crippen LogP contribution is 2.63. The van der Waals surface area contributed by atoms with Gasteiger partial charge in [0.1, 0.15) is 23.2 Å². The van der Waals surface area contributed by atoms with E-state index in [0.29, 0.717) is 47.8 Å². The molecule has 4 atom stereocenters. The summed E-state index contributed by atoms with van der Waals surface area (Å²) in [6.45, 7) is 2.24. The lowest BCUT2D eigenvalue weighted by molar-refractivity contribution is -0.177. The third-order valence-electron chi connectivity index (χ3n) is 9.79. The quantitative estimate of drug-likeness (QED) is 0.566. The van der Waals surface area contributed by atoms with Crippen LogP contribution in [0.3, 0.4) is 0 Å². The highest BCUT2D eigenvalue weighted by molar-refractivity contribution is 5.98. The van der Waals surface area contributed by atoms with E-state index >= 15 is 0 Å². The second-order valence-corrected chi connectivity index (χ2v) is 12.5. The molecule has 7 nitrogen and oxygen atoms in total. The van der Waals surface area contributed by atoms with Crippen molar-refractivity contribution in [3.63, 3.8) is 0 Å². The van der Waals surface area contributed by atoms with E-state index in [0.717, 1.165) is 44.9 Å². The fourth-order valence-corrected chi connectivity index (χ4v) is 7.86. The van der Waals surface area contributed by atoms with Gasteiger partial charge in [-0.2, -0.15) is 5.26 Å². The van der Waals surface area contributed by atoms with Crippen molar-refractivity contribution in [3.05, 3.63) is 23.3 Å². The third kappa shape index (κ3) is 4.24. The van der Waals surface area contributed by atoms with E-state index in [-0.39, 0.29) is 47.3 Å². The molecule has 0 heterocycles. The fourth-order valence-electron chi connectivity index (χ4n) is 7.86. The Kier molecular flexibility index (Phi) is 5.89. The first-order valence-corrected chi connectivity index (χ1v) is 13.8. The number of methoxy groups -OCH3 is 1. The van der Waals surface area contributed by atoms with E-state index in [4.69, 9.17) is 9.47 Å². The molecule has 37 heavy (non-hydrogen) atoms. The molecular weight excluding hydrogens is 473 g/mol. The highest BCUT2D eigenvalue weighted by atomic mass is 19.1. The Hall–Kier alpha value is -2.82. The molecule has 2 amide bonds. The van der Waals surface area contributed by atoms with E-state index in [9.17, 15) is 19.2 Å². The van der Waals surface area contributed by atoms with Crippen molar-refractivity contribution in [2.75, 3.05) is 7.11 Å². The van der Waals surface area contributed by atoms with Gasteiger partial charge in [-0.3, -0.25) is 9.59 Å². The Balaban J connectivity index is 1.20. The minimum atomic E-state index is -1.07. The average molecular weight is 510 g/mol. The van der Waals surface area contributed by atoms with Gasteiger partial charge in [0.05, 0.1) is 30.3 Å². The summed E-state index contributed by atoms with van der Waals surface area (Å²) in [7, 11) is 1.48. The van der Waals surface area contributed by atoms with Crippen LogP contribution in [-0.2, 0) is 4.79 Å². The summed E-state index contributed by atoms with van der Waals surface area (Å²) in [5.74, 6) is 1.17. The number of nitriles is 1. The molecule has 0 radical (unpaired) electrons. The summed E-state index contributed by atoms with van der Waals surface area (Å²) in [6, 6.07) is 5.09. The molecule has 198 valence electrons. The number of nitrogens with zero attached hydrogens (tertiary/aromatic N) is 1. The van der Waals surface area contributed by atoms with Gasteiger partial charge in [0, 0.05) is 36.9 Å². The first-order valence-electron chi connectivity index (χ1n) is 13.8. The highest BCUT2D eigenvalue weighted by Gasteiger charge is 2.70. The molecule has 0 aromatic heterocycles. The molecule has 6 aliphatic carbocycles. The number of carbonyl (C=O) groups is 2. The molecule has 2 N–H and O–H groups in total. The zero-order chi connectivity index (χ0) is 25.9. The third-order valence-corrected chi connectivity index (χ3v) is 9.79. The van der Waals surface area contributed by atoms with Crippen LogP contribution in [0, 0.1) is 35.0 Å². The number of hydrogen-bond donors (Lipinski definition) is 2. The van der Waals surface area contributed by atoms with Gasteiger partial charge < -0.3 is 20.1 Å². The number of rotatable bonds is 7. The van der Waals surface area contributed by atoms with Crippen LogP contribution in [0.5, 0.6) is 11.5 Å². The molecule has 1 aromatic carbocycles. The number of amides is 2. The van der Waals surface area contributed by atoms with Gasteiger partial charge in [-0.15, -0.1) is 0 Å². The number of nitrogens with one attached hydrogen (secondary N) is 2. The molecule has 7 rings (SSSR count). The summed E-state index contributed by atoms with van der Waals surface area (Å²) in [6.07, 6.45) is 8.14. The Labute approximate surface area is 217 Å². The summed E-state index contributed by atoms with van der Waals surface area (Å²) in [4.78, 5) is 26.9. The summed E-state index contributed by atoms with van der Waals surface area (Å²) < 4.78 is 25.7. The molecule has 0 unspecified atom stereocenters. The van der Waals surface area contributed by atoms with Gasteiger partial charge >= 0.3 is 0 Å². The van der Waals surface area contributed by atoms with Crippen LogP contribution in [-0.4, -0.2) is 42.3 Å². The molecule has 6 fully saturated rings. The standard InChI is InChI=1S/C29H36FN3O4/c1-16-3-7-20(8-4-16)37-22-11-21(23(36-2)10-19(22)12-31)26(34)32-25-18-6-5-17(9-18)24(25)27(35)33-29-13-28(30,14-29)15-29/h10-11,16-18,20,24-25H,3-9,13-15H2,1-2H3,(H,32,34)(H,33,35)/t16-,17-,18+,20-,24+,25-,28?,29?/m1/s1. The first-order chi connectivity index (χ1) is 17.7. The van der Waals surface area contributed by atoms with Crippen molar-refractivity contribution in [2.24, 2.45) is 23.7 Å². The maximum absolute atomic E-state index is 14.0. The van der Waals surface area contributed by atoms with Gasteiger partial charge in [-0.1, -0.05) is 6.92 Å². The average Bonchev–Trinajstić information content (AvgIpc) is 3.45. The van der Waals surface area contributed by atoms with Crippen LogP contribution in [0.2, 0.25) is 0 Å². The normalized spacial score (nSPS) is 39.1. The lowest BCUT2D eigenvalue weighted by atomic mass is 9.47. The van der Waals surface area contributed by atoms with Gasteiger partial charge in [0.15, 0.2) is 0 Å². The SMILES string of the molecule is COc1cc(C#N)c(O[C@H]2CC[C@H](C)CC2)cc1C(=O)N[C@@H]1[C@H]2CC[C@H](C2)[C@@H]1C(=O)NC12CC(F)(C1)C2. The van der Waals surface area contributed by atoms with Gasteiger partial charge in [-0.05, 0) is 68.8 Å². The number of carbonyl (C=O) groups excluding carboxylic acids is 2. The molecule has 1 aromatic rings. The van der Waals surface area contributed by atoms with Crippen molar-refractivity contribution in [1.82, 2.24) is 10.6 Å². The van der Waals surface area contributed by atoms with Crippen molar-refractivity contribution >= 4 is 11.8 Å². The predicted molar refractivity (Wildman–Crippen MR) is 134 cm³/mol. The Bertz CT molecular complexity index is 1130. The van der Waals surface area contributed by atoms with Crippen molar-refractivity contribution in [1.29, 1.82) is 5.26 Å². The van der Waals surface area contributed by atoms with Gasteiger partial charge in [-0.25, -0.2) is 4.39 Å². The van der Waals surface area contributed by atoms with Crippen LogP contribution in [0.25, 0.3) is 0 Å². The first kappa shape index (κ1) is 24.5.